The predicted octanol–water partition coefficient (Wildman–Crippen LogP) is 4.01. The maximum atomic E-state index is 13.1. The van der Waals surface area contributed by atoms with Gasteiger partial charge in [0, 0.05) is 5.69 Å². The van der Waals surface area contributed by atoms with Gasteiger partial charge in [-0.25, -0.2) is 14.2 Å². The Kier molecular flexibility index (Phi) is 4.87. The lowest BCUT2D eigenvalue weighted by Gasteiger charge is -2.09. The Morgan fingerprint density at radius 3 is 2.67 bits per heavy atom. The minimum atomic E-state index is -1.22. The van der Waals surface area contributed by atoms with Crippen LogP contribution in [-0.4, -0.2) is 16.1 Å². The van der Waals surface area contributed by atoms with Crippen LogP contribution >= 0.6 is 0 Å². The van der Waals surface area contributed by atoms with Gasteiger partial charge >= 0.3 is 5.97 Å². The number of carbonyl (C=O) groups is 1. The smallest absolute Gasteiger partial charge is 0.339 e. The van der Waals surface area contributed by atoms with Crippen LogP contribution in [0.2, 0.25) is 0 Å². The summed E-state index contributed by atoms with van der Waals surface area (Å²) in [6.45, 7) is 2.14. The summed E-state index contributed by atoms with van der Waals surface area (Å²) < 4.78 is 13.1. The number of carboxylic acid groups (broad SMARTS) is 1. The van der Waals surface area contributed by atoms with Crippen molar-refractivity contribution in [3.63, 3.8) is 0 Å². The molecular formula is C16H17FN2O2. The van der Waals surface area contributed by atoms with Gasteiger partial charge in [-0.3, -0.25) is 0 Å². The first-order chi connectivity index (χ1) is 10.1. The standard InChI is InChI=1S/C16H17FN2O2/c1-2-3-4-11-5-7-13(8-6-11)19-15-14(16(20)21)9-12(17)10-18-15/h5-10H,2-4H2,1H3,(H,18,19)(H,20,21). The minimum absolute atomic E-state index is 0.130. The molecule has 0 aliphatic rings. The number of nitrogens with zero attached hydrogens (tertiary/aromatic N) is 1. The molecule has 0 bridgehead atoms. The Labute approximate surface area is 122 Å². The lowest BCUT2D eigenvalue weighted by molar-refractivity contribution is 0.0697. The molecule has 0 fully saturated rings. The SMILES string of the molecule is CCCCc1ccc(Nc2ncc(F)cc2C(=O)O)cc1. The molecule has 0 unspecified atom stereocenters. The Bertz CT molecular complexity index is 627. The number of unbranched alkanes of at least 4 members (excludes halogenated alkanes) is 1. The fourth-order valence-corrected chi connectivity index (χ4v) is 1.97. The lowest BCUT2D eigenvalue weighted by atomic mass is 10.1. The Hall–Kier alpha value is -2.43. The highest BCUT2D eigenvalue weighted by Gasteiger charge is 2.13. The Morgan fingerprint density at radius 2 is 2.05 bits per heavy atom. The van der Waals surface area contributed by atoms with Crippen molar-refractivity contribution < 1.29 is 14.3 Å². The molecule has 1 heterocycles. The van der Waals surface area contributed by atoms with Crippen LogP contribution in [0.25, 0.3) is 0 Å². The van der Waals surface area contributed by atoms with Gasteiger partial charge in [0.1, 0.15) is 17.2 Å². The van der Waals surface area contributed by atoms with E-state index in [4.69, 9.17) is 5.11 Å². The average Bonchev–Trinajstić information content (AvgIpc) is 2.48. The second kappa shape index (κ2) is 6.83. The third kappa shape index (κ3) is 4.02. The monoisotopic (exact) mass is 288 g/mol. The molecule has 0 saturated carbocycles. The third-order valence-corrected chi connectivity index (χ3v) is 3.12. The fraction of sp³-hybridized carbons (Fsp3) is 0.250. The zero-order valence-electron chi connectivity index (χ0n) is 11.8. The number of hydrogen-bond donors (Lipinski definition) is 2. The molecule has 0 amide bonds. The predicted molar refractivity (Wildman–Crippen MR) is 79.5 cm³/mol. The molecule has 110 valence electrons. The molecule has 5 heteroatoms. The zero-order valence-corrected chi connectivity index (χ0v) is 11.8. The number of carboxylic acids is 1. The number of rotatable bonds is 6. The molecule has 0 radical (unpaired) electrons. The summed E-state index contributed by atoms with van der Waals surface area (Å²) in [5.74, 6) is -1.76. The number of halogens is 1. The maximum Gasteiger partial charge on any atom is 0.339 e. The van der Waals surface area contributed by atoms with Gasteiger partial charge in [0.25, 0.3) is 0 Å². The van der Waals surface area contributed by atoms with Crippen molar-refractivity contribution in [3.05, 3.63) is 53.5 Å². The van der Waals surface area contributed by atoms with E-state index < -0.39 is 11.8 Å². The number of aromatic nitrogens is 1. The molecule has 0 atom stereocenters. The van der Waals surface area contributed by atoms with E-state index in [1.807, 2.05) is 24.3 Å². The van der Waals surface area contributed by atoms with E-state index in [1.165, 1.54) is 5.56 Å². The summed E-state index contributed by atoms with van der Waals surface area (Å²) in [5.41, 5.74) is 1.76. The number of aromatic carboxylic acids is 1. The Morgan fingerprint density at radius 1 is 1.33 bits per heavy atom. The number of aryl methyl sites for hydroxylation is 1. The Balaban J connectivity index is 2.16. The molecule has 2 rings (SSSR count). The van der Waals surface area contributed by atoms with E-state index >= 15 is 0 Å². The van der Waals surface area contributed by atoms with Crippen LogP contribution in [0.1, 0.15) is 35.7 Å². The molecule has 4 nitrogen and oxygen atoms in total. The molecule has 21 heavy (non-hydrogen) atoms. The summed E-state index contributed by atoms with van der Waals surface area (Å²) in [7, 11) is 0. The van der Waals surface area contributed by atoms with Gasteiger partial charge in [-0.1, -0.05) is 25.5 Å². The number of nitrogens with one attached hydrogen (secondary N) is 1. The summed E-state index contributed by atoms with van der Waals surface area (Å²) in [5, 5.41) is 12.0. The van der Waals surface area contributed by atoms with Gasteiger partial charge in [0.15, 0.2) is 0 Å². The first kappa shape index (κ1) is 15.0. The van der Waals surface area contributed by atoms with Crippen LogP contribution in [0.15, 0.2) is 36.5 Å². The van der Waals surface area contributed by atoms with E-state index in [0.29, 0.717) is 0 Å². The highest BCUT2D eigenvalue weighted by atomic mass is 19.1. The van der Waals surface area contributed by atoms with Gasteiger partial charge in [-0.2, -0.15) is 0 Å². The van der Waals surface area contributed by atoms with Crippen molar-refractivity contribution >= 4 is 17.5 Å². The van der Waals surface area contributed by atoms with Crippen molar-refractivity contribution in [2.45, 2.75) is 26.2 Å². The van der Waals surface area contributed by atoms with Gasteiger partial charge in [-0.05, 0) is 36.6 Å². The van der Waals surface area contributed by atoms with E-state index in [0.717, 1.165) is 37.2 Å². The molecule has 0 saturated heterocycles. The van der Waals surface area contributed by atoms with Crippen LogP contribution in [0.4, 0.5) is 15.9 Å². The normalized spacial score (nSPS) is 10.4. The number of benzene rings is 1. The highest BCUT2D eigenvalue weighted by Crippen LogP contribution is 2.20. The zero-order chi connectivity index (χ0) is 15.2. The number of hydrogen-bond acceptors (Lipinski definition) is 3. The first-order valence-corrected chi connectivity index (χ1v) is 6.85. The van der Waals surface area contributed by atoms with Crippen LogP contribution in [0.5, 0.6) is 0 Å². The molecule has 0 aliphatic carbocycles. The van der Waals surface area contributed by atoms with Gasteiger partial charge in [-0.15, -0.1) is 0 Å². The van der Waals surface area contributed by atoms with Crippen molar-refractivity contribution in [1.82, 2.24) is 4.98 Å². The fourth-order valence-electron chi connectivity index (χ4n) is 1.97. The molecule has 1 aromatic heterocycles. The topological polar surface area (TPSA) is 62.2 Å². The van der Waals surface area contributed by atoms with Crippen LogP contribution in [-0.2, 0) is 6.42 Å². The molecular weight excluding hydrogens is 271 g/mol. The van der Waals surface area contributed by atoms with E-state index in [1.54, 1.807) is 0 Å². The largest absolute Gasteiger partial charge is 0.478 e. The molecule has 2 aromatic rings. The van der Waals surface area contributed by atoms with Gasteiger partial charge in [0.2, 0.25) is 0 Å². The van der Waals surface area contributed by atoms with Crippen molar-refractivity contribution in [2.75, 3.05) is 5.32 Å². The van der Waals surface area contributed by atoms with Crippen LogP contribution in [0.3, 0.4) is 0 Å². The van der Waals surface area contributed by atoms with E-state index in [9.17, 15) is 9.18 Å². The maximum absolute atomic E-state index is 13.1. The number of anilines is 2. The quantitative estimate of drug-likeness (QED) is 0.843. The van der Waals surface area contributed by atoms with Gasteiger partial charge in [0.05, 0.1) is 6.20 Å². The minimum Gasteiger partial charge on any atom is -0.478 e. The summed E-state index contributed by atoms with van der Waals surface area (Å²) in [6.07, 6.45) is 4.28. The van der Waals surface area contributed by atoms with Crippen molar-refractivity contribution in [3.8, 4) is 0 Å². The second-order valence-corrected chi connectivity index (χ2v) is 4.78. The summed E-state index contributed by atoms with van der Waals surface area (Å²) >= 11 is 0. The van der Waals surface area contributed by atoms with Crippen molar-refractivity contribution in [1.29, 1.82) is 0 Å². The second-order valence-electron chi connectivity index (χ2n) is 4.78. The molecule has 0 spiro atoms. The highest BCUT2D eigenvalue weighted by molar-refractivity contribution is 5.93. The van der Waals surface area contributed by atoms with Crippen LogP contribution < -0.4 is 5.32 Å². The molecule has 1 aromatic carbocycles. The van der Waals surface area contributed by atoms with Crippen LogP contribution in [0, 0.1) is 5.82 Å². The third-order valence-electron chi connectivity index (χ3n) is 3.12. The van der Waals surface area contributed by atoms with Crippen molar-refractivity contribution in [2.24, 2.45) is 0 Å². The summed E-state index contributed by atoms with van der Waals surface area (Å²) in [6, 6.07) is 8.65. The van der Waals surface area contributed by atoms with E-state index in [2.05, 4.69) is 17.2 Å². The molecule has 0 aliphatic heterocycles. The van der Waals surface area contributed by atoms with Gasteiger partial charge < -0.3 is 10.4 Å². The number of pyridine rings is 1. The first-order valence-electron chi connectivity index (χ1n) is 6.85. The average molecular weight is 288 g/mol. The molecule has 2 N–H and O–H groups in total. The summed E-state index contributed by atoms with van der Waals surface area (Å²) in [4.78, 5) is 14.9. The van der Waals surface area contributed by atoms with E-state index in [-0.39, 0.29) is 11.4 Å². The lowest BCUT2D eigenvalue weighted by Crippen LogP contribution is -2.05.